The molecular weight excluding hydrogens is 360 g/mol. The third-order valence-corrected chi connectivity index (χ3v) is 4.70. The summed E-state index contributed by atoms with van der Waals surface area (Å²) >= 11 is 10.0. The smallest absolute Gasteiger partial charge is 0.137 e. The van der Waals surface area contributed by atoms with E-state index in [-0.39, 0.29) is 0 Å². The molecule has 4 rings (SSSR count). The Hall–Kier alpha value is -1.71. The minimum absolute atomic E-state index is 0.595. The Bertz CT molecular complexity index is 862. The van der Waals surface area contributed by atoms with E-state index < -0.39 is 0 Å². The SMILES string of the molecule is Clc1nc(Cc2cccnc2)cc2c1-c1ccc(Br)cc1C2. The number of nitrogens with zero attached hydrogens (tertiary/aromatic N) is 2. The molecule has 0 spiro atoms. The van der Waals surface area contributed by atoms with Gasteiger partial charge in [-0.1, -0.05) is 39.7 Å². The summed E-state index contributed by atoms with van der Waals surface area (Å²) < 4.78 is 1.10. The van der Waals surface area contributed by atoms with Gasteiger partial charge in [-0.3, -0.25) is 4.98 Å². The summed E-state index contributed by atoms with van der Waals surface area (Å²) in [5.41, 5.74) is 6.97. The number of hydrogen-bond donors (Lipinski definition) is 0. The van der Waals surface area contributed by atoms with Crippen LogP contribution in [0.15, 0.2) is 53.3 Å². The van der Waals surface area contributed by atoms with Crippen LogP contribution in [0.1, 0.15) is 22.4 Å². The number of hydrogen-bond acceptors (Lipinski definition) is 2. The summed E-state index contributed by atoms with van der Waals surface area (Å²) in [5, 5.41) is 0.595. The van der Waals surface area contributed by atoms with Crippen LogP contribution in [0, 0.1) is 0 Å². The zero-order valence-corrected chi connectivity index (χ0v) is 14.0. The predicted molar refractivity (Wildman–Crippen MR) is 92.2 cm³/mol. The molecular formula is C18H12BrClN2. The molecule has 0 fully saturated rings. The van der Waals surface area contributed by atoms with Crippen LogP contribution in [0.2, 0.25) is 5.15 Å². The average molecular weight is 372 g/mol. The third-order valence-electron chi connectivity index (χ3n) is 3.94. The Kier molecular flexibility index (Phi) is 3.47. The monoisotopic (exact) mass is 370 g/mol. The molecule has 0 unspecified atom stereocenters. The quantitative estimate of drug-likeness (QED) is 0.461. The van der Waals surface area contributed by atoms with Crippen molar-refractivity contribution in [3.8, 4) is 11.1 Å². The van der Waals surface area contributed by atoms with Crippen molar-refractivity contribution in [2.45, 2.75) is 12.8 Å². The van der Waals surface area contributed by atoms with E-state index in [0.29, 0.717) is 5.15 Å². The van der Waals surface area contributed by atoms with Crippen molar-refractivity contribution in [1.82, 2.24) is 9.97 Å². The van der Waals surface area contributed by atoms with Gasteiger partial charge in [-0.05, 0) is 52.9 Å². The van der Waals surface area contributed by atoms with Gasteiger partial charge in [-0.2, -0.15) is 0 Å². The van der Waals surface area contributed by atoms with Crippen molar-refractivity contribution in [2.75, 3.05) is 0 Å². The summed E-state index contributed by atoms with van der Waals surface area (Å²) in [6, 6.07) is 12.5. The molecule has 0 atom stereocenters. The molecule has 1 aliphatic rings. The lowest BCUT2D eigenvalue weighted by molar-refractivity contribution is 1.05. The van der Waals surface area contributed by atoms with E-state index in [9.17, 15) is 0 Å². The highest BCUT2D eigenvalue weighted by molar-refractivity contribution is 9.10. The fourth-order valence-electron chi connectivity index (χ4n) is 3.00. The largest absolute Gasteiger partial charge is 0.264 e. The molecule has 2 aromatic heterocycles. The van der Waals surface area contributed by atoms with Crippen LogP contribution < -0.4 is 0 Å². The van der Waals surface area contributed by atoms with E-state index >= 15 is 0 Å². The van der Waals surface area contributed by atoms with Crippen LogP contribution in [-0.4, -0.2) is 9.97 Å². The summed E-state index contributed by atoms with van der Waals surface area (Å²) in [4.78, 5) is 8.74. The van der Waals surface area contributed by atoms with E-state index in [0.717, 1.165) is 34.1 Å². The Morgan fingerprint density at radius 3 is 2.86 bits per heavy atom. The second-order valence-electron chi connectivity index (χ2n) is 5.45. The van der Waals surface area contributed by atoms with Gasteiger partial charge in [0.25, 0.3) is 0 Å². The first kappa shape index (κ1) is 13.9. The molecule has 22 heavy (non-hydrogen) atoms. The lowest BCUT2D eigenvalue weighted by Gasteiger charge is -2.07. The molecule has 0 amide bonds. The predicted octanol–water partition coefficient (Wildman–Crippen LogP) is 5.05. The van der Waals surface area contributed by atoms with Crippen molar-refractivity contribution < 1.29 is 0 Å². The van der Waals surface area contributed by atoms with Crippen LogP contribution in [-0.2, 0) is 12.8 Å². The first-order valence-electron chi connectivity index (χ1n) is 7.07. The minimum Gasteiger partial charge on any atom is -0.264 e. The van der Waals surface area contributed by atoms with Crippen LogP contribution in [0.4, 0.5) is 0 Å². The van der Waals surface area contributed by atoms with Gasteiger partial charge < -0.3 is 0 Å². The number of benzene rings is 1. The van der Waals surface area contributed by atoms with Crippen molar-refractivity contribution in [2.24, 2.45) is 0 Å². The van der Waals surface area contributed by atoms with Gasteiger partial charge in [-0.25, -0.2) is 4.98 Å². The van der Waals surface area contributed by atoms with Crippen LogP contribution in [0.5, 0.6) is 0 Å². The molecule has 0 N–H and O–H groups in total. The Labute approximate surface area is 142 Å². The molecule has 1 aliphatic carbocycles. The Morgan fingerprint density at radius 2 is 2.05 bits per heavy atom. The molecule has 0 saturated heterocycles. The molecule has 4 heteroatoms. The first-order valence-corrected chi connectivity index (χ1v) is 8.24. The third kappa shape index (κ3) is 2.44. The fraction of sp³-hybridized carbons (Fsp3) is 0.111. The molecule has 0 radical (unpaired) electrons. The number of fused-ring (bicyclic) bond motifs is 3. The van der Waals surface area contributed by atoms with Gasteiger partial charge in [0.15, 0.2) is 0 Å². The number of aromatic nitrogens is 2. The Morgan fingerprint density at radius 1 is 1.14 bits per heavy atom. The molecule has 0 saturated carbocycles. The lowest BCUT2D eigenvalue weighted by Crippen LogP contribution is -1.96. The van der Waals surface area contributed by atoms with Crippen molar-refractivity contribution in [1.29, 1.82) is 0 Å². The van der Waals surface area contributed by atoms with Crippen molar-refractivity contribution in [3.05, 3.63) is 80.8 Å². The highest BCUT2D eigenvalue weighted by Gasteiger charge is 2.23. The highest BCUT2D eigenvalue weighted by atomic mass is 79.9. The molecule has 0 bridgehead atoms. The molecule has 3 aromatic rings. The molecule has 108 valence electrons. The second-order valence-corrected chi connectivity index (χ2v) is 6.73. The maximum Gasteiger partial charge on any atom is 0.137 e. The number of halogens is 2. The minimum atomic E-state index is 0.595. The number of rotatable bonds is 2. The van der Waals surface area contributed by atoms with Gasteiger partial charge in [0.2, 0.25) is 0 Å². The van der Waals surface area contributed by atoms with Gasteiger partial charge >= 0.3 is 0 Å². The summed E-state index contributed by atoms with van der Waals surface area (Å²) in [6.07, 6.45) is 5.31. The van der Waals surface area contributed by atoms with Crippen LogP contribution in [0.25, 0.3) is 11.1 Å². The molecule has 1 aromatic carbocycles. The van der Waals surface area contributed by atoms with E-state index in [1.54, 1.807) is 6.20 Å². The van der Waals surface area contributed by atoms with Gasteiger partial charge in [0.1, 0.15) is 5.15 Å². The van der Waals surface area contributed by atoms with Crippen molar-refractivity contribution >= 4 is 27.5 Å². The van der Waals surface area contributed by atoms with Gasteiger partial charge in [0.05, 0.1) is 0 Å². The maximum atomic E-state index is 6.47. The van der Waals surface area contributed by atoms with E-state index in [1.807, 2.05) is 18.3 Å². The molecule has 2 heterocycles. The van der Waals surface area contributed by atoms with Gasteiger partial charge in [0, 0.05) is 34.5 Å². The van der Waals surface area contributed by atoms with Crippen LogP contribution >= 0.6 is 27.5 Å². The van der Waals surface area contributed by atoms with Gasteiger partial charge in [-0.15, -0.1) is 0 Å². The summed E-state index contributed by atoms with van der Waals surface area (Å²) in [7, 11) is 0. The Balaban J connectivity index is 1.75. The average Bonchev–Trinajstić information content (AvgIpc) is 2.85. The van der Waals surface area contributed by atoms with Crippen LogP contribution in [0.3, 0.4) is 0 Å². The van der Waals surface area contributed by atoms with Crippen molar-refractivity contribution in [3.63, 3.8) is 0 Å². The summed E-state index contributed by atoms with van der Waals surface area (Å²) in [5.74, 6) is 0. The number of pyridine rings is 2. The highest BCUT2D eigenvalue weighted by Crippen LogP contribution is 2.41. The zero-order valence-electron chi connectivity index (χ0n) is 11.7. The first-order chi connectivity index (χ1) is 10.7. The molecule has 2 nitrogen and oxygen atoms in total. The fourth-order valence-corrected chi connectivity index (χ4v) is 3.74. The topological polar surface area (TPSA) is 25.8 Å². The lowest BCUT2D eigenvalue weighted by atomic mass is 10.1. The second kappa shape index (κ2) is 5.49. The summed E-state index contributed by atoms with van der Waals surface area (Å²) in [6.45, 7) is 0. The van der Waals surface area contributed by atoms with E-state index in [4.69, 9.17) is 11.6 Å². The standard InChI is InChI=1S/C18H12BrClN2/c19-14-3-4-16-12(8-14)7-13-9-15(22-18(20)17(13)16)6-11-2-1-5-21-10-11/h1-5,8-10H,6-7H2. The normalized spacial score (nSPS) is 12.1. The molecule has 0 aliphatic heterocycles. The van der Waals surface area contributed by atoms with E-state index in [1.165, 1.54) is 16.7 Å². The zero-order chi connectivity index (χ0) is 15.1. The van der Waals surface area contributed by atoms with E-state index in [2.05, 4.69) is 50.2 Å². The maximum absolute atomic E-state index is 6.47.